The smallest absolute Gasteiger partial charge is 0.331 e. The number of ether oxygens (including phenoxy) is 1. The number of esters is 1. The van der Waals surface area contributed by atoms with Crippen LogP contribution in [0, 0.1) is 5.92 Å². The maximum absolute atomic E-state index is 11.5. The van der Waals surface area contributed by atoms with Crippen molar-refractivity contribution < 1.29 is 14.3 Å². The molecule has 1 heterocycles. The van der Waals surface area contributed by atoms with Crippen molar-refractivity contribution in [1.29, 1.82) is 0 Å². The molecule has 1 aliphatic heterocycles. The van der Waals surface area contributed by atoms with Gasteiger partial charge in [-0.25, -0.2) is 4.79 Å². The van der Waals surface area contributed by atoms with Gasteiger partial charge in [-0.3, -0.25) is 4.79 Å². The molecule has 1 rings (SSSR count). The second-order valence-corrected chi connectivity index (χ2v) is 3.72. The molecule has 0 amide bonds. The zero-order valence-electron chi connectivity index (χ0n) is 8.88. The SMILES string of the molecule is COC(=O)C1(C)NC=C(C(C)=O)C1C. The number of methoxy groups -OCH3 is 1. The van der Waals surface area contributed by atoms with Gasteiger partial charge >= 0.3 is 5.97 Å². The molecule has 0 radical (unpaired) electrons. The maximum atomic E-state index is 11.5. The molecule has 14 heavy (non-hydrogen) atoms. The van der Waals surface area contributed by atoms with E-state index in [-0.39, 0.29) is 17.7 Å². The van der Waals surface area contributed by atoms with Gasteiger partial charge in [0, 0.05) is 17.7 Å². The van der Waals surface area contributed by atoms with Crippen LogP contribution < -0.4 is 5.32 Å². The predicted octanol–water partition coefficient (Wildman–Crippen LogP) is 0.630. The fourth-order valence-electron chi connectivity index (χ4n) is 1.64. The molecule has 2 unspecified atom stereocenters. The highest BCUT2D eigenvalue weighted by molar-refractivity contribution is 5.97. The molecule has 0 spiro atoms. The monoisotopic (exact) mass is 197 g/mol. The third kappa shape index (κ3) is 1.41. The largest absolute Gasteiger partial charge is 0.467 e. The van der Waals surface area contributed by atoms with Crippen LogP contribution in [0.25, 0.3) is 0 Å². The topological polar surface area (TPSA) is 55.4 Å². The number of hydrogen-bond donors (Lipinski definition) is 1. The highest BCUT2D eigenvalue weighted by Crippen LogP contribution is 2.31. The first kappa shape index (κ1) is 10.8. The van der Waals surface area contributed by atoms with E-state index in [0.29, 0.717) is 5.57 Å². The van der Waals surface area contributed by atoms with E-state index in [4.69, 9.17) is 0 Å². The maximum Gasteiger partial charge on any atom is 0.331 e. The predicted molar refractivity (Wildman–Crippen MR) is 51.5 cm³/mol. The molecule has 4 nitrogen and oxygen atoms in total. The molecule has 1 aliphatic rings. The van der Waals surface area contributed by atoms with E-state index in [0.717, 1.165) is 0 Å². The van der Waals surface area contributed by atoms with Gasteiger partial charge in [-0.1, -0.05) is 6.92 Å². The second kappa shape index (κ2) is 3.44. The summed E-state index contributed by atoms with van der Waals surface area (Å²) in [5.74, 6) is -0.525. The van der Waals surface area contributed by atoms with E-state index in [1.54, 1.807) is 13.1 Å². The Bertz CT molecular complexity index is 308. The minimum absolute atomic E-state index is 0.0161. The van der Waals surface area contributed by atoms with Crippen LogP contribution >= 0.6 is 0 Å². The molecule has 0 saturated carbocycles. The van der Waals surface area contributed by atoms with Crippen molar-refractivity contribution in [2.24, 2.45) is 5.92 Å². The van der Waals surface area contributed by atoms with Crippen LogP contribution in [0.2, 0.25) is 0 Å². The number of Topliss-reactive ketones (excluding diaryl/α,β-unsaturated/α-hetero) is 1. The van der Waals surface area contributed by atoms with Crippen molar-refractivity contribution in [2.75, 3.05) is 7.11 Å². The first-order valence-corrected chi connectivity index (χ1v) is 4.50. The summed E-state index contributed by atoms with van der Waals surface area (Å²) < 4.78 is 4.69. The van der Waals surface area contributed by atoms with Gasteiger partial charge in [-0.15, -0.1) is 0 Å². The lowest BCUT2D eigenvalue weighted by Crippen LogP contribution is -2.49. The Morgan fingerprint density at radius 3 is 2.50 bits per heavy atom. The van der Waals surface area contributed by atoms with Crippen molar-refractivity contribution in [3.05, 3.63) is 11.8 Å². The van der Waals surface area contributed by atoms with Crippen molar-refractivity contribution >= 4 is 11.8 Å². The van der Waals surface area contributed by atoms with Gasteiger partial charge < -0.3 is 10.1 Å². The van der Waals surface area contributed by atoms with Crippen molar-refractivity contribution in [1.82, 2.24) is 5.32 Å². The van der Waals surface area contributed by atoms with Gasteiger partial charge in [-0.2, -0.15) is 0 Å². The van der Waals surface area contributed by atoms with Crippen molar-refractivity contribution in [3.8, 4) is 0 Å². The number of rotatable bonds is 2. The number of carbonyl (C=O) groups excluding carboxylic acids is 2. The van der Waals surface area contributed by atoms with Crippen LogP contribution in [-0.2, 0) is 14.3 Å². The standard InChI is InChI=1S/C10H15NO3/c1-6-8(7(2)12)5-11-10(6,3)9(13)14-4/h5-6,11H,1-4H3. The molecule has 0 saturated heterocycles. The molecular weight excluding hydrogens is 182 g/mol. The van der Waals surface area contributed by atoms with Gasteiger partial charge in [0.05, 0.1) is 7.11 Å². The van der Waals surface area contributed by atoms with Gasteiger partial charge in [0.15, 0.2) is 5.78 Å². The Labute approximate surface area is 83.3 Å². The van der Waals surface area contributed by atoms with Gasteiger partial charge in [0.2, 0.25) is 0 Å². The molecule has 0 bridgehead atoms. The van der Waals surface area contributed by atoms with E-state index in [2.05, 4.69) is 10.1 Å². The first-order valence-electron chi connectivity index (χ1n) is 4.50. The van der Waals surface area contributed by atoms with Crippen LogP contribution in [-0.4, -0.2) is 24.4 Å². The highest BCUT2D eigenvalue weighted by Gasteiger charge is 2.45. The molecule has 0 aliphatic carbocycles. The average molecular weight is 197 g/mol. The Kier molecular flexibility index (Phi) is 2.64. The Hall–Kier alpha value is -1.32. The van der Waals surface area contributed by atoms with Gasteiger partial charge in [-0.05, 0) is 13.8 Å². The summed E-state index contributed by atoms with van der Waals surface area (Å²) in [5, 5.41) is 2.91. The molecular formula is C10H15NO3. The minimum atomic E-state index is -0.810. The molecule has 0 aromatic rings. The van der Waals surface area contributed by atoms with E-state index >= 15 is 0 Å². The molecule has 0 fully saturated rings. The molecule has 4 heteroatoms. The third-order valence-electron chi connectivity index (χ3n) is 2.88. The van der Waals surface area contributed by atoms with Crippen LogP contribution in [0.4, 0.5) is 0 Å². The normalized spacial score (nSPS) is 30.6. The van der Waals surface area contributed by atoms with E-state index in [9.17, 15) is 9.59 Å². The summed E-state index contributed by atoms with van der Waals surface area (Å²) in [7, 11) is 1.34. The molecule has 0 aromatic heterocycles. The van der Waals surface area contributed by atoms with E-state index in [1.807, 2.05) is 6.92 Å². The van der Waals surface area contributed by atoms with Gasteiger partial charge in [0.1, 0.15) is 5.54 Å². The third-order valence-corrected chi connectivity index (χ3v) is 2.88. The summed E-state index contributed by atoms with van der Waals surface area (Å²) in [5.41, 5.74) is -0.173. The molecule has 2 atom stereocenters. The number of ketones is 1. The molecule has 1 N–H and O–H groups in total. The minimum Gasteiger partial charge on any atom is -0.467 e. The zero-order chi connectivity index (χ0) is 10.9. The zero-order valence-corrected chi connectivity index (χ0v) is 8.88. The Balaban J connectivity index is 2.92. The van der Waals surface area contributed by atoms with Gasteiger partial charge in [0.25, 0.3) is 0 Å². The van der Waals surface area contributed by atoms with Crippen LogP contribution in [0.3, 0.4) is 0 Å². The number of hydrogen-bond acceptors (Lipinski definition) is 4. The van der Waals surface area contributed by atoms with E-state index < -0.39 is 5.54 Å². The molecule has 0 aromatic carbocycles. The lowest BCUT2D eigenvalue weighted by molar-refractivity contribution is -0.148. The summed E-state index contributed by atoms with van der Waals surface area (Å²) in [6.07, 6.45) is 1.60. The van der Waals surface area contributed by atoms with Crippen molar-refractivity contribution in [2.45, 2.75) is 26.3 Å². The number of nitrogens with one attached hydrogen (secondary N) is 1. The Morgan fingerprint density at radius 1 is 1.57 bits per heavy atom. The lowest BCUT2D eigenvalue weighted by Gasteiger charge is -2.27. The van der Waals surface area contributed by atoms with Crippen molar-refractivity contribution in [3.63, 3.8) is 0 Å². The average Bonchev–Trinajstić information content (AvgIpc) is 2.44. The lowest BCUT2D eigenvalue weighted by atomic mass is 9.84. The van der Waals surface area contributed by atoms with Crippen LogP contribution in [0.5, 0.6) is 0 Å². The summed E-state index contributed by atoms with van der Waals surface area (Å²) in [6.45, 7) is 5.06. The fraction of sp³-hybridized carbons (Fsp3) is 0.600. The summed E-state index contributed by atoms with van der Waals surface area (Å²) in [4.78, 5) is 22.7. The van der Waals surface area contributed by atoms with Crippen LogP contribution in [0.15, 0.2) is 11.8 Å². The number of carbonyl (C=O) groups is 2. The fourth-order valence-corrected chi connectivity index (χ4v) is 1.64. The highest BCUT2D eigenvalue weighted by atomic mass is 16.5. The quantitative estimate of drug-likeness (QED) is 0.660. The second-order valence-electron chi connectivity index (χ2n) is 3.72. The van der Waals surface area contributed by atoms with Crippen LogP contribution in [0.1, 0.15) is 20.8 Å². The van der Waals surface area contributed by atoms with E-state index in [1.165, 1.54) is 14.0 Å². The summed E-state index contributed by atoms with van der Waals surface area (Å²) in [6, 6.07) is 0. The Morgan fingerprint density at radius 2 is 2.14 bits per heavy atom. The molecule has 78 valence electrons. The summed E-state index contributed by atoms with van der Waals surface area (Å²) >= 11 is 0. The first-order chi connectivity index (χ1) is 6.43.